The maximum atomic E-state index is 5.81. The third-order valence-corrected chi connectivity index (χ3v) is 2.71. The van der Waals surface area contributed by atoms with Crippen molar-refractivity contribution in [2.45, 2.75) is 32.2 Å². The second-order valence-electron chi connectivity index (χ2n) is 3.56. The summed E-state index contributed by atoms with van der Waals surface area (Å²) in [6, 6.07) is 0. The molecule has 2 N–H and O–H groups in total. The molecule has 1 saturated heterocycles. The summed E-state index contributed by atoms with van der Waals surface area (Å²) in [5.41, 5.74) is 6.91. The third-order valence-electron chi connectivity index (χ3n) is 2.71. The molecule has 0 atom stereocenters. The molecule has 0 aromatic carbocycles. The van der Waals surface area contributed by atoms with E-state index in [1.165, 1.54) is 0 Å². The van der Waals surface area contributed by atoms with Crippen molar-refractivity contribution in [1.29, 1.82) is 0 Å². The van der Waals surface area contributed by atoms with Crippen molar-refractivity contribution in [3.8, 4) is 0 Å². The number of hydrogen-bond donors (Lipinski definition) is 1. The second kappa shape index (κ2) is 3.96. The zero-order valence-corrected chi connectivity index (χ0v) is 8.44. The van der Waals surface area contributed by atoms with Crippen molar-refractivity contribution in [1.82, 2.24) is 15.0 Å². The molecule has 1 aromatic heterocycles. The Balaban J connectivity index is 2.23. The molecule has 5 heteroatoms. The van der Waals surface area contributed by atoms with E-state index in [2.05, 4.69) is 17.2 Å². The summed E-state index contributed by atoms with van der Waals surface area (Å²) in [6.07, 6.45) is 2.05. The summed E-state index contributed by atoms with van der Waals surface area (Å²) in [5.74, 6) is 1.05. The molecule has 0 saturated carbocycles. The van der Waals surface area contributed by atoms with E-state index in [1.807, 2.05) is 4.68 Å². The van der Waals surface area contributed by atoms with E-state index >= 15 is 0 Å². The standard InChI is InChI=1S/C9H16N4O/c1-2-13-8(9(10)11-12-13)7-3-5-14-6-4-7/h7H,2-6,10H2,1H3. The summed E-state index contributed by atoms with van der Waals surface area (Å²) < 4.78 is 7.21. The Kier molecular flexibility index (Phi) is 2.67. The predicted molar refractivity (Wildman–Crippen MR) is 52.9 cm³/mol. The van der Waals surface area contributed by atoms with Crippen LogP contribution in [0.5, 0.6) is 0 Å². The Morgan fingerprint density at radius 3 is 2.86 bits per heavy atom. The summed E-state index contributed by atoms with van der Waals surface area (Å²) >= 11 is 0. The molecule has 78 valence electrons. The molecule has 0 bridgehead atoms. The fraction of sp³-hybridized carbons (Fsp3) is 0.778. The van der Waals surface area contributed by atoms with Crippen LogP contribution in [0.15, 0.2) is 0 Å². The molecule has 1 fully saturated rings. The number of nitrogen functional groups attached to an aromatic ring is 1. The lowest BCUT2D eigenvalue weighted by molar-refractivity contribution is 0.0837. The van der Waals surface area contributed by atoms with Crippen LogP contribution in [-0.2, 0) is 11.3 Å². The van der Waals surface area contributed by atoms with E-state index in [0.29, 0.717) is 11.7 Å². The van der Waals surface area contributed by atoms with Crippen LogP contribution in [0, 0.1) is 0 Å². The Bertz CT molecular complexity index is 304. The molecule has 0 spiro atoms. The van der Waals surface area contributed by atoms with Crippen LogP contribution in [0.4, 0.5) is 5.82 Å². The lowest BCUT2D eigenvalue weighted by Gasteiger charge is -2.22. The van der Waals surface area contributed by atoms with Crippen LogP contribution in [0.3, 0.4) is 0 Å². The first-order valence-corrected chi connectivity index (χ1v) is 5.09. The maximum Gasteiger partial charge on any atom is 0.169 e. The number of hydrogen-bond acceptors (Lipinski definition) is 4. The third kappa shape index (κ3) is 1.59. The van der Waals surface area contributed by atoms with Gasteiger partial charge in [-0.1, -0.05) is 5.21 Å². The molecule has 0 unspecified atom stereocenters. The summed E-state index contributed by atoms with van der Waals surface area (Å²) in [4.78, 5) is 0. The Morgan fingerprint density at radius 2 is 2.21 bits per heavy atom. The van der Waals surface area contributed by atoms with Gasteiger partial charge < -0.3 is 10.5 Å². The van der Waals surface area contributed by atoms with Gasteiger partial charge in [-0.15, -0.1) is 5.10 Å². The van der Waals surface area contributed by atoms with Gasteiger partial charge in [0.15, 0.2) is 5.82 Å². The van der Waals surface area contributed by atoms with Gasteiger partial charge >= 0.3 is 0 Å². The normalized spacial score (nSPS) is 18.6. The summed E-state index contributed by atoms with van der Waals surface area (Å²) in [6.45, 7) is 4.52. The number of aromatic nitrogens is 3. The zero-order chi connectivity index (χ0) is 9.97. The van der Waals surface area contributed by atoms with E-state index in [4.69, 9.17) is 10.5 Å². The molecule has 2 rings (SSSR count). The van der Waals surface area contributed by atoms with E-state index in [1.54, 1.807) is 0 Å². The predicted octanol–water partition coefficient (Wildman–Crippen LogP) is 0.774. The van der Waals surface area contributed by atoms with Crippen LogP contribution in [0.2, 0.25) is 0 Å². The molecule has 14 heavy (non-hydrogen) atoms. The SMILES string of the molecule is CCn1nnc(N)c1C1CCOCC1. The number of rotatable bonds is 2. The number of ether oxygens (including phenoxy) is 1. The van der Waals surface area contributed by atoms with Gasteiger partial charge in [-0.3, -0.25) is 0 Å². The van der Waals surface area contributed by atoms with Crippen LogP contribution >= 0.6 is 0 Å². The minimum atomic E-state index is 0.471. The molecule has 2 heterocycles. The second-order valence-corrected chi connectivity index (χ2v) is 3.56. The molecule has 5 nitrogen and oxygen atoms in total. The Labute approximate surface area is 83.2 Å². The number of nitrogens with zero attached hydrogens (tertiary/aromatic N) is 3. The summed E-state index contributed by atoms with van der Waals surface area (Å²) in [7, 11) is 0. The van der Waals surface area contributed by atoms with Gasteiger partial charge in [0, 0.05) is 25.7 Å². The number of anilines is 1. The van der Waals surface area contributed by atoms with Crippen molar-refractivity contribution in [2.24, 2.45) is 0 Å². The van der Waals surface area contributed by atoms with Gasteiger partial charge in [-0.05, 0) is 19.8 Å². The van der Waals surface area contributed by atoms with Crippen molar-refractivity contribution in [2.75, 3.05) is 18.9 Å². The van der Waals surface area contributed by atoms with Crippen molar-refractivity contribution in [3.05, 3.63) is 5.69 Å². The van der Waals surface area contributed by atoms with Crippen molar-refractivity contribution >= 4 is 5.82 Å². The quantitative estimate of drug-likeness (QED) is 0.758. The lowest BCUT2D eigenvalue weighted by Crippen LogP contribution is -2.18. The average Bonchev–Trinajstić information content (AvgIpc) is 2.61. The zero-order valence-electron chi connectivity index (χ0n) is 8.44. The highest BCUT2D eigenvalue weighted by Crippen LogP contribution is 2.29. The first-order chi connectivity index (χ1) is 6.83. The molecular weight excluding hydrogens is 180 g/mol. The highest BCUT2D eigenvalue weighted by Gasteiger charge is 2.22. The molecule has 1 aliphatic heterocycles. The van der Waals surface area contributed by atoms with Gasteiger partial charge in [0.2, 0.25) is 0 Å². The van der Waals surface area contributed by atoms with Gasteiger partial charge in [0.25, 0.3) is 0 Å². The van der Waals surface area contributed by atoms with E-state index in [-0.39, 0.29) is 0 Å². The maximum absolute atomic E-state index is 5.81. The highest BCUT2D eigenvalue weighted by atomic mass is 16.5. The largest absolute Gasteiger partial charge is 0.381 e. The van der Waals surface area contributed by atoms with Gasteiger partial charge in [0.05, 0.1) is 5.69 Å². The number of aryl methyl sites for hydroxylation is 1. The Hall–Kier alpha value is -1.10. The first-order valence-electron chi connectivity index (χ1n) is 5.09. The van der Waals surface area contributed by atoms with Crippen LogP contribution in [-0.4, -0.2) is 28.2 Å². The van der Waals surface area contributed by atoms with Gasteiger partial charge in [-0.2, -0.15) is 0 Å². The van der Waals surface area contributed by atoms with Crippen LogP contribution < -0.4 is 5.73 Å². The first kappa shape index (κ1) is 9.45. The van der Waals surface area contributed by atoms with Crippen LogP contribution in [0.25, 0.3) is 0 Å². The average molecular weight is 196 g/mol. The fourth-order valence-electron chi connectivity index (χ4n) is 1.96. The van der Waals surface area contributed by atoms with Gasteiger partial charge in [0.1, 0.15) is 0 Å². The monoisotopic (exact) mass is 196 g/mol. The smallest absolute Gasteiger partial charge is 0.169 e. The molecular formula is C9H16N4O. The highest BCUT2D eigenvalue weighted by molar-refractivity contribution is 5.36. The van der Waals surface area contributed by atoms with Crippen molar-refractivity contribution < 1.29 is 4.74 Å². The van der Waals surface area contributed by atoms with Crippen LogP contribution in [0.1, 0.15) is 31.4 Å². The minimum absolute atomic E-state index is 0.471. The van der Waals surface area contributed by atoms with E-state index in [0.717, 1.165) is 38.3 Å². The minimum Gasteiger partial charge on any atom is -0.381 e. The summed E-state index contributed by atoms with van der Waals surface area (Å²) in [5, 5.41) is 7.92. The molecule has 0 amide bonds. The molecule has 1 aromatic rings. The fourth-order valence-corrected chi connectivity index (χ4v) is 1.96. The molecule has 0 aliphatic carbocycles. The Morgan fingerprint density at radius 1 is 1.50 bits per heavy atom. The molecule has 1 aliphatic rings. The van der Waals surface area contributed by atoms with Gasteiger partial charge in [-0.25, -0.2) is 4.68 Å². The number of nitrogens with two attached hydrogens (primary N) is 1. The lowest BCUT2D eigenvalue weighted by atomic mass is 9.96. The topological polar surface area (TPSA) is 66.0 Å². The van der Waals surface area contributed by atoms with Crippen molar-refractivity contribution in [3.63, 3.8) is 0 Å². The van der Waals surface area contributed by atoms with E-state index in [9.17, 15) is 0 Å². The molecule has 0 radical (unpaired) electrons. The van der Waals surface area contributed by atoms with E-state index < -0.39 is 0 Å².